The second-order valence-corrected chi connectivity index (χ2v) is 21.3. The van der Waals surface area contributed by atoms with E-state index in [4.69, 9.17) is 11.6 Å². The molecule has 1 spiro atoms. The number of halogens is 8. The van der Waals surface area contributed by atoms with E-state index >= 15 is 4.39 Å². The molecule has 0 unspecified atom stereocenters. The van der Waals surface area contributed by atoms with Crippen LogP contribution in [0.15, 0.2) is 18.2 Å². The summed E-state index contributed by atoms with van der Waals surface area (Å²) in [5.74, 6) is -7.88. The van der Waals surface area contributed by atoms with Crippen molar-refractivity contribution in [1.29, 1.82) is 0 Å². The molecule has 7 amide bonds. The highest BCUT2D eigenvalue weighted by atomic mass is 35.5. The van der Waals surface area contributed by atoms with Crippen LogP contribution in [0.5, 0.6) is 5.75 Å². The molecule has 1 aromatic carbocycles. The molecule has 390 valence electrons. The van der Waals surface area contributed by atoms with E-state index in [1.165, 1.54) is 27.9 Å². The van der Waals surface area contributed by atoms with Crippen LogP contribution < -0.4 is 26.0 Å². The van der Waals surface area contributed by atoms with E-state index in [1.54, 1.807) is 13.8 Å². The van der Waals surface area contributed by atoms with Gasteiger partial charge in [-0.15, -0.1) is 13.2 Å². The van der Waals surface area contributed by atoms with E-state index in [0.717, 1.165) is 34.4 Å². The Morgan fingerprint density at radius 3 is 2.20 bits per heavy atom. The summed E-state index contributed by atoms with van der Waals surface area (Å²) in [5, 5.41) is 10.6. The predicted octanol–water partition coefficient (Wildman–Crippen LogP) is 5.51. The molecule has 0 bridgehead atoms. The van der Waals surface area contributed by atoms with Crippen LogP contribution in [0.25, 0.3) is 0 Å². The maximum Gasteiger partial charge on any atom is 0.573 e. The van der Waals surface area contributed by atoms with Crippen molar-refractivity contribution in [2.24, 2.45) is 22.7 Å². The van der Waals surface area contributed by atoms with Gasteiger partial charge in [-0.25, -0.2) is 4.39 Å². The summed E-state index contributed by atoms with van der Waals surface area (Å²) in [7, 11) is 2.51. The molecule has 15 nitrogen and oxygen atoms in total. The van der Waals surface area contributed by atoms with Crippen molar-refractivity contribution in [3.63, 3.8) is 0 Å². The van der Waals surface area contributed by atoms with Gasteiger partial charge in [0.2, 0.25) is 41.4 Å². The number of likely N-dealkylation sites (tertiary alicyclic amines) is 1. The zero-order chi connectivity index (χ0) is 51.9. The zero-order valence-corrected chi connectivity index (χ0v) is 40.8. The van der Waals surface area contributed by atoms with E-state index < -0.39 is 151 Å². The molecule has 3 saturated carbocycles. The highest BCUT2D eigenvalue weighted by Gasteiger charge is 2.74. The standard InChI is InChI=1S/C47H63ClF7N7O8/c1-25(2)18-30-39(66)61(6)32(20-27-19-28(48)13-14-34(27)70-47(53,54)55)38(65)59-43(3,4)41(68)56-17-8-7-10-31(36(63)57-30)60(5)40(67)35(26-11-12-26)58-37(64)33-21-29(49)22-62(33)42(69)45(46(50,51)52)23-44(24-45)15-9-16-44/h13-14,19,25-26,29-33,35H,7-12,15-18,20-24H2,1-6H3,(H,56,68)(H,57,63)(H,58,64)(H,59,65)/t29-,30+,31+,32+,33+,35+/m1/s1. The Hall–Kier alpha value is -4.89. The van der Waals surface area contributed by atoms with Gasteiger partial charge in [0.05, 0.1) is 6.54 Å². The third kappa shape index (κ3) is 12.1. The van der Waals surface area contributed by atoms with Crippen molar-refractivity contribution >= 4 is 53.0 Å². The zero-order valence-electron chi connectivity index (χ0n) is 40.1. The van der Waals surface area contributed by atoms with Crippen LogP contribution >= 0.6 is 11.6 Å². The number of hydrogen-bond donors (Lipinski definition) is 4. The Bertz CT molecular complexity index is 2180. The molecule has 2 aliphatic heterocycles. The van der Waals surface area contributed by atoms with Crippen LogP contribution in [0.3, 0.4) is 0 Å². The van der Waals surface area contributed by atoms with Gasteiger partial charge < -0.3 is 40.7 Å². The van der Waals surface area contributed by atoms with E-state index in [2.05, 4.69) is 26.0 Å². The number of benzene rings is 1. The largest absolute Gasteiger partial charge is 0.573 e. The summed E-state index contributed by atoms with van der Waals surface area (Å²) in [6, 6.07) is -4.10. The van der Waals surface area contributed by atoms with E-state index in [9.17, 15) is 59.9 Å². The van der Waals surface area contributed by atoms with Gasteiger partial charge in [0.25, 0.3) is 0 Å². The van der Waals surface area contributed by atoms with Crippen LogP contribution in [-0.4, -0.2) is 138 Å². The average molecular weight is 1020 g/mol. The Labute approximate surface area is 407 Å². The summed E-state index contributed by atoms with van der Waals surface area (Å²) in [4.78, 5) is 102. The van der Waals surface area contributed by atoms with Gasteiger partial charge in [-0.1, -0.05) is 31.9 Å². The van der Waals surface area contributed by atoms with Crippen molar-refractivity contribution < 1.29 is 69.0 Å². The first-order chi connectivity index (χ1) is 32.5. The molecule has 4 N–H and O–H groups in total. The number of rotatable bonds is 11. The number of likely N-dealkylation sites (N-methyl/N-ethyl adjacent to an activating group) is 2. The van der Waals surface area contributed by atoms with Crippen LogP contribution in [0.4, 0.5) is 30.7 Å². The number of nitrogens with zero attached hydrogens (tertiary/aromatic N) is 3. The molecule has 2 heterocycles. The maximum absolute atomic E-state index is 15.1. The number of hydrogen-bond acceptors (Lipinski definition) is 8. The first-order valence-electron chi connectivity index (χ1n) is 23.8. The average Bonchev–Trinajstić information content (AvgIpc) is 3.99. The van der Waals surface area contributed by atoms with Crippen molar-refractivity contribution in [3.8, 4) is 5.75 Å². The fourth-order valence-corrected chi connectivity index (χ4v) is 10.6. The highest BCUT2D eigenvalue weighted by Crippen LogP contribution is 2.69. The molecule has 23 heteroatoms. The van der Waals surface area contributed by atoms with Gasteiger partial charge in [-0.05, 0) is 119 Å². The molecule has 0 aromatic heterocycles. The van der Waals surface area contributed by atoms with Crippen LogP contribution in [-0.2, 0) is 40.0 Å². The Morgan fingerprint density at radius 1 is 0.971 bits per heavy atom. The normalized spacial score (nSPS) is 26.9. The molecule has 3 aliphatic carbocycles. The molecular weight excluding hydrogens is 959 g/mol. The van der Waals surface area contributed by atoms with Gasteiger partial charge in [-0.2, -0.15) is 13.2 Å². The lowest BCUT2D eigenvalue weighted by Gasteiger charge is -2.60. The first kappa shape index (κ1) is 54.4. The summed E-state index contributed by atoms with van der Waals surface area (Å²) >= 11 is 6.17. The third-order valence-corrected chi connectivity index (χ3v) is 14.8. The molecule has 1 aromatic rings. The lowest BCUT2D eigenvalue weighted by molar-refractivity contribution is -0.285. The van der Waals surface area contributed by atoms with Crippen molar-refractivity contribution in [1.82, 2.24) is 36.0 Å². The third-order valence-electron chi connectivity index (χ3n) is 14.6. The summed E-state index contributed by atoms with van der Waals surface area (Å²) in [6.45, 7) is 5.58. The van der Waals surface area contributed by atoms with Crippen molar-refractivity contribution in [2.45, 2.75) is 166 Å². The SMILES string of the molecule is CC(C)C[C@@H]1NC(=O)[C@@H](N(C)C(=O)[C@@H](NC(=O)[C@@H]2C[C@@H](F)CN2C(=O)C2(C(F)(F)F)CC3(CCC3)C2)C2CC2)CCCCNC(=O)C(C)(C)NC(=O)[C@H](Cc2cc(Cl)ccc2OC(F)(F)F)N(C)C1=O. The maximum atomic E-state index is 15.1. The fraction of sp³-hybridized carbons (Fsp3) is 0.723. The smallest absolute Gasteiger partial charge is 0.405 e. The molecule has 0 radical (unpaired) electrons. The Kier molecular flexibility index (Phi) is 16.1. The van der Waals surface area contributed by atoms with Gasteiger partial charge in [0.1, 0.15) is 53.1 Å². The molecular formula is C47H63ClF7N7O8. The van der Waals surface area contributed by atoms with Crippen LogP contribution in [0.2, 0.25) is 5.02 Å². The van der Waals surface area contributed by atoms with E-state index in [0.29, 0.717) is 30.6 Å². The number of carbonyl (C=O) groups excluding carboxylic acids is 7. The number of alkyl halides is 7. The van der Waals surface area contributed by atoms with E-state index in [-0.39, 0.29) is 48.7 Å². The lowest BCUT2D eigenvalue weighted by Crippen LogP contribution is -2.66. The van der Waals surface area contributed by atoms with Gasteiger partial charge in [-0.3, -0.25) is 33.6 Å². The highest BCUT2D eigenvalue weighted by molar-refractivity contribution is 6.30. The Morgan fingerprint density at radius 2 is 1.63 bits per heavy atom. The topological polar surface area (TPSA) is 187 Å². The van der Waals surface area contributed by atoms with E-state index in [1.807, 2.05) is 0 Å². The number of carbonyl (C=O) groups is 7. The van der Waals surface area contributed by atoms with Crippen LogP contribution in [0.1, 0.15) is 110 Å². The van der Waals surface area contributed by atoms with Gasteiger partial charge in [0.15, 0.2) is 0 Å². The molecule has 6 rings (SSSR count). The summed E-state index contributed by atoms with van der Waals surface area (Å²) in [6.07, 6.45) is -10.8. The number of ether oxygens (including phenoxy) is 1. The van der Waals surface area contributed by atoms with Crippen LogP contribution in [0, 0.1) is 22.7 Å². The fourth-order valence-electron chi connectivity index (χ4n) is 10.4. The molecule has 70 heavy (non-hydrogen) atoms. The monoisotopic (exact) mass is 1020 g/mol. The number of amides is 7. The molecule has 2 saturated heterocycles. The second kappa shape index (κ2) is 20.7. The molecule has 5 fully saturated rings. The van der Waals surface area contributed by atoms with Gasteiger partial charge in [0, 0.05) is 38.5 Å². The van der Waals surface area contributed by atoms with Gasteiger partial charge >= 0.3 is 12.5 Å². The predicted molar refractivity (Wildman–Crippen MR) is 239 cm³/mol. The van der Waals surface area contributed by atoms with Crippen molar-refractivity contribution in [2.75, 3.05) is 27.2 Å². The lowest BCUT2D eigenvalue weighted by atomic mass is 9.44. The summed E-state index contributed by atoms with van der Waals surface area (Å²) in [5.41, 5.74) is -5.20. The second-order valence-electron chi connectivity index (χ2n) is 20.9. The first-order valence-corrected chi connectivity index (χ1v) is 24.2. The molecule has 5 aliphatic rings. The number of nitrogens with one attached hydrogen (secondary N) is 4. The molecule has 6 atom stereocenters. The summed E-state index contributed by atoms with van der Waals surface area (Å²) < 4.78 is 104. The quantitative estimate of drug-likeness (QED) is 0.209. The minimum absolute atomic E-state index is 0.0154. The van der Waals surface area contributed by atoms with Crippen molar-refractivity contribution in [3.05, 3.63) is 28.8 Å². The minimum atomic E-state index is -5.15. The Balaban J connectivity index is 1.26. The minimum Gasteiger partial charge on any atom is -0.405 e.